The normalized spacial score (nSPS) is 14.7. The lowest BCUT2D eigenvalue weighted by atomic mass is 10.2. The minimum atomic E-state index is -3.53. The number of carbonyl (C=O) groups is 1. The molecule has 1 aliphatic rings. The van der Waals surface area contributed by atoms with Gasteiger partial charge in [-0.25, -0.2) is 12.7 Å². The minimum Gasteiger partial charge on any atom is -0.346 e. The average molecular weight is 454 g/mol. The van der Waals surface area contributed by atoms with Gasteiger partial charge in [0.05, 0.1) is 34.6 Å². The van der Waals surface area contributed by atoms with Crippen molar-refractivity contribution in [2.24, 2.45) is 0 Å². The Morgan fingerprint density at radius 2 is 1.84 bits per heavy atom. The van der Waals surface area contributed by atoms with E-state index in [0.717, 1.165) is 34.2 Å². The molecule has 0 radical (unpaired) electrons. The van der Waals surface area contributed by atoms with E-state index in [1.165, 1.54) is 51.2 Å². The van der Waals surface area contributed by atoms with Gasteiger partial charge in [0.15, 0.2) is 0 Å². The second-order valence-corrected chi connectivity index (χ2v) is 10.3. The Hall–Kier alpha value is -3.04. The molecule has 0 atom stereocenters. The van der Waals surface area contributed by atoms with Crippen LogP contribution in [-0.2, 0) is 16.6 Å². The van der Waals surface area contributed by atoms with Crippen LogP contribution in [0.5, 0.6) is 0 Å². The lowest BCUT2D eigenvalue weighted by molar-refractivity contribution is 0.0950. The summed E-state index contributed by atoms with van der Waals surface area (Å²) in [5.74, 6) is -0.284. The van der Waals surface area contributed by atoms with E-state index in [1.807, 2.05) is 24.3 Å². The molecule has 0 unspecified atom stereocenters. The monoisotopic (exact) mass is 453 g/mol. The highest BCUT2D eigenvalue weighted by Crippen LogP contribution is 2.33. The topological polar surface area (TPSA) is 97.2 Å². The number of nitrogens with zero attached hydrogens (tertiary/aromatic N) is 4. The smallest absolute Gasteiger partial charge is 0.251 e. The molecule has 168 valence electrons. The van der Waals surface area contributed by atoms with Crippen LogP contribution in [-0.4, -0.2) is 47.5 Å². The zero-order valence-electron chi connectivity index (χ0n) is 18.2. The number of hydrogen-bond acceptors (Lipinski definition) is 5. The average Bonchev–Trinajstić information content (AvgIpc) is 3.48. The number of carbonyl (C=O) groups excluding carboxylic acids is 1. The maximum atomic E-state index is 12.6. The van der Waals surface area contributed by atoms with E-state index in [0.29, 0.717) is 11.6 Å². The number of rotatable bonds is 7. The van der Waals surface area contributed by atoms with Crippen LogP contribution in [0.15, 0.2) is 59.6 Å². The molecule has 9 heteroatoms. The molecule has 0 aliphatic heterocycles. The highest BCUT2D eigenvalue weighted by Gasteiger charge is 2.23. The molecule has 2 aromatic heterocycles. The van der Waals surface area contributed by atoms with Gasteiger partial charge in [-0.1, -0.05) is 18.9 Å². The van der Waals surface area contributed by atoms with E-state index in [-0.39, 0.29) is 17.3 Å². The summed E-state index contributed by atoms with van der Waals surface area (Å²) in [6.07, 6.45) is 6.34. The highest BCUT2D eigenvalue weighted by atomic mass is 32.2. The third-order valence-corrected chi connectivity index (χ3v) is 7.54. The highest BCUT2D eigenvalue weighted by molar-refractivity contribution is 7.89. The van der Waals surface area contributed by atoms with Gasteiger partial charge < -0.3 is 5.32 Å². The van der Waals surface area contributed by atoms with Crippen LogP contribution >= 0.6 is 0 Å². The Kier molecular flexibility index (Phi) is 6.38. The Bertz CT molecular complexity index is 1180. The first kappa shape index (κ1) is 22.2. The first-order valence-electron chi connectivity index (χ1n) is 10.7. The summed E-state index contributed by atoms with van der Waals surface area (Å²) in [5, 5.41) is 7.66. The van der Waals surface area contributed by atoms with Crippen molar-refractivity contribution in [1.82, 2.24) is 24.4 Å². The van der Waals surface area contributed by atoms with Gasteiger partial charge >= 0.3 is 0 Å². The number of nitrogens with one attached hydrogen (secondary N) is 1. The lowest BCUT2D eigenvalue weighted by Gasteiger charge is -2.13. The molecule has 0 saturated heterocycles. The van der Waals surface area contributed by atoms with Gasteiger partial charge in [-0.3, -0.25) is 14.5 Å². The lowest BCUT2D eigenvalue weighted by Crippen LogP contribution is -2.24. The zero-order chi connectivity index (χ0) is 22.7. The van der Waals surface area contributed by atoms with Crippen molar-refractivity contribution >= 4 is 15.9 Å². The molecule has 1 N–H and O–H groups in total. The van der Waals surface area contributed by atoms with E-state index in [9.17, 15) is 13.2 Å². The number of benzene rings is 1. The Morgan fingerprint density at radius 1 is 1.12 bits per heavy atom. The molecule has 0 bridgehead atoms. The largest absolute Gasteiger partial charge is 0.346 e. The number of aromatic nitrogens is 3. The molecule has 1 aromatic carbocycles. The number of pyridine rings is 1. The van der Waals surface area contributed by atoms with Crippen LogP contribution in [0, 0.1) is 0 Å². The minimum absolute atomic E-state index is 0.148. The van der Waals surface area contributed by atoms with Crippen molar-refractivity contribution < 1.29 is 13.2 Å². The molecule has 1 amide bonds. The van der Waals surface area contributed by atoms with E-state index >= 15 is 0 Å². The Labute approximate surface area is 188 Å². The van der Waals surface area contributed by atoms with Crippen molar-refractivity contribution in [2.45, 2.75) is 43.2 Å². The molecule has 2 heterocycles. The maximum Gasteiger partial charge on any atom is 0.251 e. The fourth-order valence-corrected chi connectivity index (χ4v) is 4.83. The fraction of sp³-hybridized carbons (Fsp3) is 0.348. The van der Waals surface area contributed by atoms with Gasteiger partial charge in [-0.15, -0.1) is 0 Å². The van der Waals surface area contributed by atoms with Gasteiger partial charge in [0.1, 0.15) is 0 Å². The number of sulfonamides is 1. The predicted molar refractivity (Wildman–Crippen MR) is 121 cm³/mol. The van der Waals surface area contributed by atoms with Gasteiger partial charge in [0.25, 0.3) is 5.91 Å². The van der Waals surface area contributed by atoms with Crippen molar-refractivity contribution in [3.63, 3.8) is 0 Å². The fourth-order valence-electron chi connectivity index (χ4n) is 3.93. The summed E-state index contributed by atoms with van der Waals surface area (Å²) in [4.78, 5) is 17.2. The molecule has 32 heavy (non-hydrogen) atoms. The van der Waals surface area contributed by atoms with E-state index in [2.05, 4.69) is 15.0 Å². The summed E-state index contributed by atoms with van der Waals surface area (Å²) >= 11 is 0. The molecule has 1 aliphatic carbocycles. The SMILES string of the molecule is CN(C)S(=O)(=O)c1ccc(C(=O)NCc2cc(-c3ccccn3)n(C3CCCC3)n2)cc1. The van der Waals surface area contributed by atoms with Crippen LogP contribution in [0.3, 0.4) is 0 Å². The molecule has 1 saturated carbocycles. The van der Waals surface area contributed by atoms with Gasteiger partial charge in [0, 0.05) is 25.9 Å². The van der Waals surface area contributed by atoms with Crippen molar-refractivity contribution in [3.05, 3.63) is 66.0 Å². The maximum absolute atomic E-state index is 12.6. The van der Waals surface area contributed by atoms with Gasteiger partial charge in [-0.2, -0.15) is 5.10 Å². The Morgan fingerprint density at radius 3 is 2.47 bits per heavy atom. The number of hydrogen-bond donors (Lipinski definition) is 1. The summed E-state index contributed by atoms with van der Waals surface area (Å²) in [5.41, 5.74) is 2.97. The quantitative estimate of drug-likeness (QED) is 0.592. The third kappa shape index (κ3) is 4.58. The molecular formula is C23H27N5O3S. The van der Waals surface area contributed by atoms with Gasteiger partial charge in [0.2, 0.25) is 10.0 Å². The summed E-state index contributed by atoms with van der Waals surface area (Å²) < 4.78 is 27.6. The van der Waals surface area contributed by atoms with Crippen molar-refractivity contribution in [3.8, 4) is 11.4 Å². The second-order valence-electron chi connectivity index (χ2n) is 8.11. The summed E-state index contributed by atoms with van der Waals surface area (Å²) in [6, 6.07) is 14.1. The van der Waals surface area contributed by atoms with Crippen LogP contribution in [0.2, 0.25) is 0 Å². The molecule has 0 spiro atoms. The van der Waals surface area contributed by atoms with Crippen LogP contribution in [0.25, 0.3) is 11.4 Å². The van der Waals surface area contributed by atoms with Crippen molar-refractivity contribution in [1.29, 1.82) is 0 Å². The van der Waals surface area contributed by atoms with Crippen molar-refractivity contribution in [2.75, 3.05) is 14.1 Å². The first-order valence-corrected chi connectivity index (χ1v) is 12.1. The zero-order valence-corrected chi connectivity index (χ0v) is 19.0. The van der Waals surface area contributed by atoms with E-state index in [4.69, 9.17) is 5.10 Å². The summed E-state index contributed by atoms with van der Waals surface area (Å²) in [6.45, 7) is 0.274. The molecule has 4 rings (SSSR count). The third-order valence-electron chi connectivity index (χ3n) is 5.71. The predicted octanol–water partition coefficient (Wildman–Crippen LogP) is 3.24. The van der Waals surface area contributed by atoms with Crippen LogP contribution < -0.4 is 5.32 Å². The van der Waals surface area contributed by atoms with Crippen LogP contribution in [0.4, 0.5) is 0 Å². The molecular weight excluding hydrogens is 426 g/mol. The molecule has 8 nitrogen and oxygen atoms in total. The molecule has 3 aromatic rings. The first-order chi connectivity index (χ1) is 15.4. The van der Waals surface area contributed by atoms with E-state index < -0.39 is 10.0 Å². The van der Waals surface area contributed by atoms with E-state index in [1.54, 1.807) is 6.20 Å². The second kappa shape index (κ2) is 9.22. The Balaban J connectivity index is 1.49. The number of amides is 1. The summed E-state index contributed by atoms with van der Waals surface area (Å²) in [7, 11) is -0.584. The standard InChI is InChI=1S/C23H27N5O3S/c1-27(2)32(30,31)20-12-10-17(11-13-20)23(29)25-16-18-15-22(21-9-5-6-14-24-21)28(26-18)19-7-3-4-8-19/h5-6,9-15,19H,3-4,7-8,16H2,1-2H3,(H,25,29). The molecule has 1 fully saturated rings. The van der Waals surface area contributed by atoms with Crippen LogP contribution in [0.1, 0.15) is 47.8 Å². The van der Waals surface area contributed by atoms with Gasteiger partial charge in [-0.05, 0) is 55.3 Å².